The normalized spacial score (nSPS) is 11.5. The summed E-state index contributed by atoms with van der Waals surface area (Å²) in [6, 6.07) is 9.92. The number of hydrogen-bond donors (Lipinski definition) is 1. The Kier molecular flexibility index (Phi) is 8.89. The fourth-order valence-corrected chi connectivity index (χ4v) is 2.41. The fraction of sp³-hybridized carbons (Fsp3) is 0.462. The molecule has 5 heteroatoms. The summed E-state index contributed by atoms with van der Waals surface area (Å²) >= 11 is 1.58. The van der Waals surface area contributed by atoms with Crippen molar-refractivity contribution in [3.63, 3.8) is 0 Å². The molecular weight excluding hydrogens is 268 g/mol. The van der Waals surface area contributed by atoms with E-state index in [2.05, 4.69) is 5.32 Å². The van der Waals surface area contributed by atoms with Crippen LogP contribution in [0.4, 0.5) is 0 Å². The van der Waals surface area contributed by atoms with Gasteiger partial charge in [-0.2, -0.15) is 0 Å². The van der Waals surface area contributed by atoms with Crippen LogP contribution in [-0.2, 0) is 4.79 Å². The third-order valence-electron chi connectivity index (χ3n) is 2.64. The maximum Gasteiger partial charge on any atom is 0.239 e. The van der Waals surface area contributed by atoms with Crippen molar-refractivity contribution in [1.29, 1.82) is 0 Å². The van der Waals surface area contributed by atoms with E-state index in [1.807, 2.05) is 50.7 Å². The number of likely N-dealkylation sites (N-methyl/N-ethyl adjacent to an activating group) is 2. The average molecular weight is 289 g/mol. The maximum atomic E-state index is 12.3. The van der Waals surface area contributed by atoms with Crippen LogP contribution in [0.25, 0.3) is 0 Å². The molecule has 1 amide bonds. The van der Waals surface area contributed by atoms with Crippen molar-refractivity contribution in [2.45, 2.75) is 5.25 Å². The van der Waals surface area contributed by atoms with Gasteiger partial charge in [0.15, 0.2) is 0 Å². The molecule has 1 rings (SSSR count). The van der Waals surface area contributed by atoms with Gasteiger partial charge in [0.1, 0.15) is 5.25 Å². The first-order valence-electron chi connectivity index (χ1n) is 5.68. The molecule has 0 fully saturated rings. The van der Waals surface area contributed by atoms with Crippen LogP contribution in [0.15, 0.2) is 30.3 Å². The third-order valence-corrected chi connectivity index (χ3v) is 3.58. The number of rotatable bonds is 6. The lowest BCUT2D eigenvalue weighted by molar-refractivity contribution is -0.129. The quantitative estimate of drug-likeness (QED) is 0.871. The Morgan fingerprint density at radius 3 is 2.50 bits per heavy atom. The number of carbonyl (C=O) groups is 1. The van der Waals surface area contributed by atoms with E-state index in [-0.39, 0.29) is 23.6 Å². The minimum atomic E-state index is -0.0990. The van der Waals surface area contributed by atoms with Gasteiger partial charge >= 0.3 is 0 Å². The van der Waals surface area contributed by atoms with E-state index in [1.54, 1.807) is 16.7 Å². The molecule has 1 aromatic carbocycles. The summed E-state index contributed by atoms with van der Waals surface area (Å²) in [5, 5.41) is 2.95. The van der Waals surface area contributed by atoms with Gasteiger partial charge in [-0.1, -0.05) is 30.3 Å². The predicted molar refractivity (Wildman–Crippen MR) is 81.5 cm³/mol. The number of thioether (sulfide) groups is 1. The lowest BCUT2D eigenvalue weighted by Gasteiger charge is -2.22. The lowest BCUT2D eigenvalue weighted by atomic mass is 10.1. The molecule has 0 aliphatic heterocycles. The molecular formula is C13H21ClN2OS. The van der Waals surface area contributed by atoms with Gasteiger partial charge in [-0.05, 0) is 18.9 Å². The van der Waals surface area contributed by atoms with Crippen molar-refractivity contribution in [2.75, 3.05) is 33.4 Å². The van der Waals surface area contributed by atoms with Gasteiger partial charge in [-0.3, -0.25) is 4.79 Å². The number of amides is 1. The zero-order valence-electron chi connectivity index (χ0n) is 11.1. The predicted octanol–water partition coefficient (Wildman–Crippen LogP) is 2.19. The molecule has 0 aromatic heterocycles. The van der Waals surface area contributed by atoms with Gasteiger partial charge in [-0.25, -0.2) is 0 Å². The van der Waals surface area contributed by atoms with Crippen LogP contribution in [0.3, 0.4) is 0 Å². The van der Waals surface area contributed by atoms with E-state index >= 15 is 0 Å². The molecule has 0 bridgehead atoms. The fourth-order valence-electron chi connectivity index (χ4n) is 1.60. The Hall–Kier alpha value is -0.710. The van der Waals surface area contributed by atoms with Gasteiger partial charge in [0.2, 0.25) is 5.91 Å². The Morgan fingerprint density at radius 1 is 1.39 bits per heavy atom. The molecule has 1 aromatic rings. The highest BCUT2D eigenvalue weighted by Gasteiger charge is 2.22. The van der Waals surface area contributed by atoms with Crippen LogP contribution < -0.4 is 5.32 Å². The van der Waals surface area contributed by atoms with E-state index < -0.39 is 0 Å². The molecule has 0 spiro atoms. The van der Waals surface area contributed by atoms with Gasteiger partial charge < -0.3 is 10.2 Å². The van der Waals surface area contributed by atoms with Gasteiger partial charge in [-0.15, -0.1) is 24.2 Å². The first-order chi connectivity index (χ1) is 8.20. The maximum absolute atomic E-state index is 12.3. The first kappa shape index (κ1) is 17.3. The molecule has 1 N–H and O–H groups in total. The van der Waals surface area contributed by atoms with Gasteiger partial charge in [0, 0.05) is 20.1 Å². The number of nitrogens with zero attached hydrogens (tertiary/aromatic N) is 1. The van der Waals surface area contributed by atoms with Crippen molar-refractivity contribution in [3.8, 4) is 0 Å². The van der Waals surface area contributed by atoms with Crippen molar-refractivity contribution in [2.24, 2.45) is 0 Å². The summed E-state index contributed by atoms with van der Waals surface area (Å²) in [4.78, 5) is 14.0. The lowest BCUT2D eigenvalue weighted by Crippen LogP contribution is -2.35. The number of carbonyl (C=O) groups excluding carboxylic acids is 1. The van der Waals surface area contributed by atoms with Crippen LogP contribution in [0, 0.1) is 0 Å². The summed E-state index contributed by atoms with van der Waals surface area (Å²) < 4.78 is 0. The number of hydrogen-bond acceptors (Lipinski definition) is 3. The molecule has 1 unspecified atom stereocenters. The van der Waals surface area contributed by atoms with Crippen LogP contribution in [0.1, 0.15) is 10.8 Å². The summed E-state index contributed by atoms with van der Waals surface area (Å²) in [5.41, 5.74) is 1.07. The number of halogens is 1. The highest BCUT2D eigenvalue weighted by molar-refractivity contribution is 7.99. The van der Waals surface area contributed by atoms with Crippen molar-refractivity contribution in [3.05, 3.63) is 35.9 Å². The van der Waals surface area contributed by atoms with E-state index in [4.69, 9.17) is 0 Å². The van der Waals surface area contributed by atoms with Crippen molar-refractivity contribution in [1.82, 2.24) is 10.2 Å². The third kappa shape index (κ3) is 4.88. The van der Waals surface area contributed by atoms with Gasteiger partial charge in [0.05, 0.1) is 0 Å². The van der Waals surface area contributed by atoms with Crippen LogP contribution in [0.2, 0.25) is 0 Å². The monoisotopic (exact) mass is 288 g/mol. The van der Waals surface area contributed by atoms with Crippen LogP contribution >= 0.6 is 24.2 Å². The average Bonchev–Trinajstić information content (AvgIpc) is 2.38. The molecule has 0 aliphatic carbocycles. The second-order valence-corrected chi connectivity index (χ2v) is 4.83. The number of nitrogens with one attached hydrogen (secondary N) is 1. The minimum absolute atomic E-state index is 0. The second kappa shape index (κ2) is 9.25. The summed E-state index contributed by atoms with van der Waals surface area (Å²) in [5.74, 6) is 0.166. The molecule has 0 saturated heterocycles. The molecule has 18 heavy (non-hydrogen) atoms. The molecule has 3 nitrogen and oxygen atoms in total. The van der Waals surface area contributed by atoms with E-state index in [0.29, 0.717) is 0 Å². The summed E-state index contributed by atoms with van der Waals surface area (Å²) in [6.07, 6.45) is 1.97. The van der Waals surface area contributed by atoms with E-state index in [1.165, 1.54) is 0 Å². The Bertz CT molecular complexity index is 348. The Balaban J connectivity index is 0.00000289. The Labute approximate surface area is 120 Å². The largest absolute Gasteiger partial charge is 0.343 e. The summed E-state index contributed by atoms with van der Waals surface area (Å²) in [6.45, 7) is 1.55. The molecule has 102 valence electrons. The molecule has 0 heterocycles. The molecule has 0 aliphatic rings. The zero-order chi connectivity index (χ0) is 12.7. The topological polar surface area (TPSA) is 32.3 Å². The van der Waals surface area contributed by atoms with E-state index in [9.17, 15) is 4.79 Å². The Morgan fingerprint density at radius 2 is 2.00 bits per heavy atom. The number of benzene rings is 1. The van der Waals surface area contributed by atoms with Crippen molar-refractivity contribution < 1.29 is 4.79 Å². The molecule has 1 atom stereocenters. The zero-order valence-corrected chi connectivity index (χ0v) is 12.7. The molecule has 0 saturated carbocycles. The standard InChI is InChI=1S/C13H20N2OS.ClH/c1-14-9-10-15(2)13(16)12(17-3)11-7-5-4-6-8-11;/h4-8,12,14H,9-10H2,1-3H3;1H. The second-order valence-electron chi connectivity index (χ2n) is 3.89. The van der Waals surface area contributed by atoms with Crippen LogP contribution in [0.5, 0.6) is 0 Å². The minimum Gasteiger partial charge on any atom is -0.343 e. The summed E-state index contributed by atoms with van der Waals surface area (Å²) in [7, 11) is 3.74. The first-order valence-corrected chi connectivity index (χ1v) is 6.96. The van der Waals surface area contributed by atoms with Gasteiger partial charge in [0.25, 0.3) is 0 Å². The van der Waals surface area contributed by atoms with Crippen LogP contribution in [-0.4, -0.2) is 44.2 Å². The van der Waals surface area contributed by atoms with E-state index in [0.717, 1.165) is 18.7 Å². The SMILES string of the molecule is CNCCN(C)C(=O)C(SC)c1ccccc1.Cl. The smallest absolute Gasteiger partial charge is 0.239 e. The highest BCUT2D eigenvalue weighted by Crippen LogP contribution is 2.28. The highest BCUT2D eigenvalue weighted by atomic mass is 35.5. The van der Waals surface area contributed by atoms with Crippen molar-refractivity contribution >= 4 is 30.1 Å². The molecule has 0 radical (unpaired) electrons.